The third kappa shape index (κ3) is 9.21. The van der Waals surface area contributed by atoms with Gasteiger partial charge in [-0.15, -0.1) is 0 Å². The molecule has 226 valence electrons. The fraction of sp³-hybridized carbons (Fsp3) is 0.375. The van der Waals surface area contributed by atoms with Crippen LogP contribution in [0, 0.1) is 6.92 Å². The number of nitrogens with zero attached hydrogens (tertiary/aromatic N) is 2. The number of anilines is 1. The Hall–Kier alpha value is -3.07. The van der Waals surface area contributed by atoms with E-state index >= 15 is 0 Å². The lowest BCUT2D eigenvalue weighted by atomic mass is 10.0. The molecule has 0 heterocycles. The number of sulfonamides is 1. The summed E-state index contributed by atoms with van der Waals surface area (Å²) in [7, 11) is -3.60. The van der Waals surface area contributed by atoms with Gasteiger partial charge in [0, 0.05) is 47.6 Å². The van der Waals surface area contributed by atoms with E-state index in [1.165, 1.54) is 9.21 Å². The molecular weight excluding hydrogens is 593 g/mol. The molecule has 2 unspecified atom stereocenters. The van der Waals surface area contributed by atoms with Gasteiger partial charge in [0.2, 0.25) is 21.8 Å². The molecule has 2 atom stereocenters. The summed E-state index contributed by atoms with van der Waals surface area (Å²) in [5.41, 5.74) is 2.82. The van der Waals surface area contributed by atoms with Crippen molar-refractivity contribution in [1.29, 1.82) is 0 Å². The number of hydrogen-bond donors (Lipinski definition) is 1. The zero-order chi connectivity index (χ0) is 30.9. The van der Waals surface area contributed by atoms with Gasteiger partial charge in [-0.25, -0.2) is 8.42 Å². The Morgan fingerprint density at radius 2 is 1.55 bits per heavy atom. The summed E-state index contributed by atoms with van der Waals surface area (Å²) in [6.07, 6.45) is 2.44. The largest absolute Gasteiger partial charge is 0.352 e. The van der Waals surface area contributed by atoms with Crippen molar-refractivity contribution >= 4 is 50.7 Å². The average molecular weight is 633 g/mol. The predicted octanol–water partition coefficient (Wildman–Crippen LogP) is 6.40. The van der Waals surface area contributed by atoms with Crippen molar-refractivity contribution in [2.75, 3.05) is 17.1 Å². The smallest absolute Gasteiger partial charge is 0.243 e. The van der Waals surface area contributed by atoms with Gasteiger partial charge in [0.25, 0.3) is 0 Å². The Morgan fingerprint density at radius 3 is 2.14 bits per heavy atom. The number of hydrogen-bond acceptors (Lipinski definition) is 4. The van der Waals surface area contributed by atoms with E-state index in [1.54, 1.807) is 30.3 Å². The van der Waals surface area contributed by atoms with Crippen LogP contribution >= 0.6 is 23.2 Å². The Morgan fingerprint density at radius 1 is 0.929 bits per heavy atom. The van der Waals surface area contributed by atoms with E-state index in [1.807, 2.05) is 63.2 Å². The monoisotopic (exact) mass is 631 g/mol. The van der Waals surface area contributed by atoms with Crippen molar-refractivity contribution in [3.05, 3.63) is 99.5 Å². The number of para-hydroxylation sites is 1. The van der Waals surface area contributed by atoms with Gasteiger partial charge in [0.05, 0.1) is 11.9 Å². The van der Waals surface area contributed by atoms with Crippen LogP contribution in [0.2, 0.25) is 10.0 Å². The van der Waals surface area contributed by atoms with Gasteiger partial charge in [-0.05, 0) is 56.0 Å². The standard InChI is InChI=1S/C32H39Cl2N3O4S/c1-5-24(3)35-32(39)30(21-25-14-7-6-8-15-25)36(22-26-27(33)16-11-17-28(26)34)31(38)19-12-20-37(42(4,40)41)29-18-10-9-13-23(29)2/h6-11,13-18,24,30H,5,12,19-22H2,1-4H3,(H,35,39). The predicted molar refractivity (Wildman–Crippen MR) is 171 cm³/mol. The van der Waals surface area contributed by atoms with Crippen molar-refractivity contribution < 1.29 is 18.0 Å². The van der Waals surface area contributed by atoms with Gasteiger partial charge in [0.1, 0.15) is 6.04 Å². The van der Waals surface area contributed by atoms with Gasteiger partial charge < -0.3 is 10.2 Å². The average Bonchev–Trinajstić information content (AvgIpc) is 2.94. The summed E-state index contributed by atoms with van der Waals surface area (Å²) in [5, 5.41) is 3.82. The zero-order valence-corrected chi connectivity index (χ0v) is 26.8. The summed E-state index contributed by atoms with van der Waals surface area (Å²) >= 11 is 13.0. The second kappa shape index (κ2) is 15.4. The molecule has 0 saturated carbocycles. The molecule has 0 saturated heterocycles. The van der Waals surface area contributed by atoms with Gasteiger partial charge in [-0.3, -0.25) is 13.9 Å². The number of aryl methyl sites for hydroxylation is 1. The van der Waals surface area contributed by atoms with E-state index in [0.717, 1.165) is 23.8 Å². The molecular formula is C32H39Cl2N3O4S. The van der Waals surface area contributed by atoms with E-state index in [2.05, 4.69) is 5.32 Å². The Labute approximate surface area is 259 Å². The van der Waals surface area contributed by atoms with Crippen LogP contribution in [0.1, 0.15) is 49.8 Å². The molecule has 2 amide bonds. The van der Waals surface area contributed by atoms with Gasteiger partial charge >= 0.3 is 0 Å². The van der Waals surface area contributed by atoms with E-state index in [4.69, 9.17) is 23.2 Å². The number of halogens is 2. The van der Waals surface area contributed by atoms with Gasteiger partial charge in [0.15, 0.2) is 0 Å². The van der Waals surface area contributed by atoms with Crippen LogP contribution in [0.25, 0.3) is 0 Å². The van der Waals surface area contributed by atoms with Crippen LogP contribution in [-0.2, 0) is 32.6 Å². The minimum absolute atomic E-state index is 0.0157. The number of rotatable bonds is 14. The van der Waals surface area contributed by atoms with Crippen LogP contribution in [0.15, 0.2) is 72.8 Å². The number of carbonyl (C=O) groups excluding carboxylic acids is 2. The minimum Gasteiger partial charge on any atom is -0.352 e. The SMILES string of the molecule is CCC(C)NC(=O)C(Cc1ccccc1)N(Cc1c(Cl)cccc1Cl)C(=O)CCCN(c1ccccc1C)S(C)(=O)=O. The molecule has 0 aliphatic rings. The highest BCUT2D eigenvalue weighted by Crippen LogP contribution is 2.28. The number of amides is 2. The zero-order valence-electron chi connectivity index (χ0n) is 24.5. The maximum atomic E-state index is 14.0. The molecule has 1 N–H and O–H groups in total. The number of nitrogens with one attached hydrogen (secondary N) is 1. The highest BCUT2D eigenvalue weighted by atomic mass is 35.5. The first-order valence-electron chi connectivity index (χ1n) is 14.0. The quantitative estimate of drug-likeness (QED) is 0.223. The lowest BCUT2D eigenvalue weighted by molar-refractivity contribution is -0.141. The summed E-state index contributed by atoms with van der Waals surface area (Å²) < 4.78 is 26.7. The van der Waals surface area contributed by atoms with Crippen molar-refractivity contribution in [1.82, 2.24) is 10.2 Å². The van der Waals surface area contributed by atoms with E-state index in [-0.39, 0.29) is 50.2 Å². The van der Waals surface area contributed by atoms with Crippen molar-refractivity contribution in [3.63, 3.8) is 0 Å². The van der Waals surface area contributed by atoms with E-state index in [0.29, 0.717) is 21.3 Å². The molecule has 0 aliphatic heterocycles. The van der Waals surface area contributed by atoms with Crippen LogP contribution in [0.4, 0.5) is 5.69 Å². The number of carbonyl (C=O) groups is 2. The molecule has 0 aliphatic carbocycles. The lowest BCUT2D eigenvalue weighted by Gasteiger charge is -2.33. The first-order valence-corrected chi connectivity index (χ1v) is 16.6. The Balaban J connectivity index is 1.94. The molecule has 0 radical (unpaired) electrons. The van der Waals surface area contributed by atoms with Gasteiger partial charge in [-0.1, -0.05) is 84.7 Å². The molecule has 7 nitrogen and oxygen atoms in total. The second-order valence-corrected chi connectivity index (χ2v) is 13.2. The topological polar surface area (TPSA) is 86.8 Å². The first-order chi connectivity index (χ1) is 19.9. The normalized spacial score (nSPS) is 12.8. The third-order valence-electron chi connectivity index (χ3n) is 7.20. The molecule has 3 rings (SSSR count). The summed E-state index contributed by atoms with van der Waals surface area (Å²) in [6, 6.07) is 20.9. The minimum atomic E-state index is -3.60. The Bertz CT molecular complexity index is 1450. The molecule has 3 aromatic rings. The Kier molecular flexibility index (Phi) is 12.3. The fourth-order valence-corrected chi connectivity index (χ4v) is 6.21. The third-order valence-corrected chi connectivity index (χ3v) is 9.09. The molecule has 0 fully saturated rings. The van der Waals surface area contributed by atoms with Gasteiger partial charge in [-0.2, -0.15) is 0 Å². The molecule has 0 aromatic heterocycles. The van der Waals surface area contributed by atoms with Crippen LogP contribution in [-0.4, -0.2) is 50.0 Å². The first kappa shape index (κ1) is 33.4. The lowest BCUT2D eigenvalue weighted by Crippen LogP contribution is -2.52. The van der Waals surface area contributed by atoms with Crippen LogP contribution < -0.4 is 9.62 Å². The second-order valence-electron chi connectivity index (χ2n) is 10.5. The van der Waals surface area contributed by atoms with E-state index in [9.17, 15) is 18.0 Å². The van der Waals surface area contributed by atoms with Crippen LogP contribution in [0.5, 0.6) is 0 Å². The molecule has 3 aromatic carbocycles. The molecule has 0 spiro atoms. The molecule has 10 heteroatoms. The maximum Gasteiger partial charge on any atom is 0.243 e. The highest BCUT2D eigenvalue weighted by Gasteiger charge is 2.32. The van der Waals surface area contributed by atoms with Crippen molar-refractivity contribution in [2.24, 2.45) is 0 Å². The number of benzene rings is 3. The summed E-state index contributed by atoms with van der Waals surface area (Å²) in [5.74, 6) is -0.577. The fourth-order valence-electron chi connectivity index (χ4n) is 4.67. The van der Waals surface area contributed by atoms with Crippen LogP contribution in [0.3, 0.4) is 0 Å². The summed E-state index contributed by atoms with van der Waals surface area (Å²) in [4.78, 5) is 29.2. The molecule has 0 bridgehead atoms. The highest BCUT2D eigenvalue weighted by molar-refractivity contribution is 7.92. The van der Waals surface area contributed by atoms with E-state index < -0.39 is 16.1 Å². The maximum absolute atomic E-state index is 14.0. The van der Waals surface area contributed by atoms with Crippen molar-refractivity contribution in [2.45, 2.75) is 65.1 Å². The summed E-state index contributed by atoms with van der Waals surface area (Å²) in [6.45, 7) is 5.87. The van der Waals surface area contributed by atoms with Crippen molar-refractivity contribution in [3.8, 4) is 0 Å². The molecule has 42 heavy (non-hydrogen) atoms.